The first kappa shape index (κ1) is 17.5. The Morgan fingerprint density at radius 3 is 2.89 bits per heavy atom. The number of aromatic nitrogens is 2. The van der Waals surface area contributed by atoms with Crippen LogP contribution in [0, 0.1) is 0 Å². The molecule has 0 radical (unpaired) electrons. The number of nitrogens with zero attached hydrogens (tertiary/aromatic N) is 2. The van der Waals surface area contributed by atoms with Crippen LogP contribution in [0.2, 0.25) is 0 Å². The number of pyridine rings is 2. The maximum Gasteiger partial charge on any atom is 0.270 e. The highest BCUT2D eigenvalue weighted by atomic mass is 16.5. The molecule has 27 heavy (non-hydrogen) atoms. The Kier molecular flexibility index (Phi) is 5.02. The number of carbonyl (C=O) groups excluding carboxylic acids is 1. The van der Waals surface area contributed by atoms with E-state index in [-0.39, 0.29) is 11.9 Å². The predicted octanol–water partition coefficient (Wildman–Crippen LogP) is 2.73. The summed E-state index contributed by atoms with van der Waals surface area (Å²) in [6.07, 6.45) is 5.58. The lowest BCUT2D eigenvalue weighted by atomic mass is 10.0. The van der Waals surface area contributed by atoms with E-state index in [9.17, 15) is 4.79 Å². The number of hydrogen-bond acceptors (Lipinski definition) is 6. The third-order valence-corrected chi connectivity index (χ3v) is 4.68. The topological polar surface area (TPSA) is 86.5 Å². The normalized spacial score (nSPS) is 15.0. The Morgan fingerprint density at radius 1 is 1.30 bits per heavy atom. The zero-order chi connectivity index (χ0) is 18.6. The minimum absolute atomic E-state index is 0.127. The molecule has 1 amide bonds. The van der Waals surface area contributed by atoms with E-state index in [1.54, 1.807) is 31.7 Å². The molecule has 0 spiro atoms. The van der Waals surface area contributed by atoms with Crippen molar-refractivity contribution in [3.8, 4) is 5.88 Å². The SMILES string of the molecule is COc1ccc(Cc2cc(C(=O)NC3CCOCC3)nc3ccoc23)cn1. The van der Waals surface area contributed by atoms with E-state index in [1.807, 2.05) is 12.1 Å². The van der Waals surface area contributed by atoms with E-state index >= 15 is 0 Å². The molecule has 1 aliphatic rings. The van der Waals surface area contributed by atoms with Crippen LogP contribution in [0.15, 0.2) is 41.1 Å². The number of methoxy groups -OCH3 is 1. The van der Waals surface area contributed by atoms with Crippen LogP contribution in [0.4, 0.5) is 0 Å². The molecule has 1 aliphatic heterocycles. The summed E-state index contributed by atoms with van der Waals surface area (Å²) in [4.78, 5) is 21.4. The average molecular weight is 367 g/mol. The summed E-state index contributed by atoms with van der Waals surface area (Å²) >= 11 is 0. The highest BCUT2D eigenvalue weighted by molar-refractivity contribution is 5.95. The Morgan fingerprint density at radius 2 is 2.15 bits per heavy atom. The first-order valence-electron chi connectivity index (χ1n) is 8.97. The van der Waals surface area contributed by atoms with Crippen molar-refractivity contribution in [3.63, 3.8) is 0 Å². The molecule has 0 saturated carbocycles. The molecule has 1 saturated heterocycles. The molecule has 4 rings (SSSR count). The Balaban J connectivity index is 1.59. The Bertz CT molecular complexity index is 930. The number of fused-ring (bicyclic) bond motifs is 1. The number of hydrogen-bond donors (Lipinski definition) is 1. The molecule has 140 valence electrons. The van der Waals surface area contributed by atoms with Gasteiger partial charge in [0.1, 0.15) is 11.2 Å². The van der Waals surface area contributed by atoms with Crippen LogP contribution in [0.5, 0.6) is 5.88 Å². The molecule has 0 unspecified atom stereocenters. The number of nitrogens with one attached hydrogen (secondary N) is 1. The summed E-state index contributed by atoms with van der Waals surface area (Å²) in [6, 6.07) is 7.46. The van der Waals surface area contributed by atoms with Gasteiger partial charge >= 0.3 is 0 Å². The summed E-state index contributed by atoms with van der Waals surface area (Å²) in [6.45, 7) is 1.35. The van der Waals surface area contributed by atoms with Crippen LogP contribution in [0.25, 0.3) is 11.1 Å². The zero-order valence-electron chi connectivity index (χ0n) is 15.1. The number of furan rings is 1. The quantitative estimate of drug-likeness (QED) is 0.746. The fourth-order valence-electron chi connectivity index (χ4n) is 3.23. The average Bonchev–Trinajstić information content (AvgIpc) is 3.18. The van der Waals surface area contributed by atoms with Gasteiger partial charge < -0.3 is 19.2 Å². The van der Waals surface area contributed by atoms with E-state index < -0.39 is 0 Å². The lowest BCUT2D eigenvalue weighted by Crippen LogP contribution is -2.39. The fourth-order valence-corrected chi connectivity index (χ4v) is 3.23. The molecule has 7 heteroatoms. The van der Waals surface area contributed by atoms with Gasteiger partial charge in [0.15, 0.2) is 5.58 Å². The van der Waals surface area contributed by atoms with Gasteiger partial charge in [-0.3, -0.25) is 4.79 Å². The second-order valence-electron chi connectivity index (χ2n) is 6.55. The Hall–Kier alpha value is -2.93. The zero-order valence-corrected chi connectivity index (χ0v) is 15.1. The van der Waals surface area contributed by atoms with Crippen molar-refractivity contribution in [1.29, 1.82) is 0 Å². The van der Waals surface area contributed by atoms with Gasteiger partial charge in [0.25, 0.3) is 5.91 Å². The van der Waals surface area contributed by atoms with Gasteiger partial charge in [-0.25, -0.2) is 9.97 Å². The molecule has 0 aliphatic carbocycles. The van der Waals surface area contributed by atoms with Crippen LogP contribution in [0.1, 0.15) is 34.5 Å². The maximum absolute atomic E-state index is 12.7. The minimum Gasteiger partial charge on any atom is -0.481 e. The highest BCUT2D eigenvalue weighted by Crippen LogP contribution is 2.23. The first-order chi connectivity index (χ1) is 13.2. The van der Waals surface area contributed by atoms with Crippen molar-refractivity contribution in [1.82, 2.24) is 15.3 Å². The van der Waals surface area contributed by atoms with Crippen LogP contribution in [-0.4, -0.2) is 42.2 Å². The maximum atomic E-state index is 12.7. The molecule has 1 fully saturated rings. The summed E-state index contributed by atoms with van der Waals surface area (Å²) in [5.41, 5.74) is 3.65. The van der Waals surface area contributed by atoms with Crippen molar-refractivity contribution in [2.45, 2.75) is 25.3 Å². The third-order valence-electron chi connectivity index (χ3n) is 4.68. The first-order valence-corrected chi connectivity index (χ1v) is 8.97. The van der Waals surface area contributed by atoms with E-state index in [0.29, 0.717) is 42.3 Å². The van der Waals surface area contributed by atoms with Crippen LogP contribution in [-0.2, 0) is 11.2 Å². The Labute approximate surface area is 156 Å². The van der Waals surface area contributed by atoms with E-state index in [0.717, 1.165) is 24.0 Å². The van der Waals surface area contributed by atoms with Crippen molar-refractivity contribution in [2.24, 2.45) is 0 Å². The van der Waals surface area contributed by atoms with Gasteiger partial charge in [-0.05, 0) is 24.5 Å². The summed E-state index contributed by atoms with van der Waals surface area (Å²) in [7, 11) is 1.58. The standard InChI is InChI=1S/C20H21N3O4/c1-25-18-3-2-13(12-21-18)10-14-11-17(23-16-6-9-27-19(14)16)20(24)22-15-4-7-26-8-5-15/h2-3,6,9,11-12,15H,4-5,7-8,10H2,1H3,(H,22,24). The summed E-state index contributed by atoms with van der Waals surface area (Å²) in [5, 5.41) is 3.06. The monoisotopic (exact) mass is 367 g/mol. The summed E-state index contributed by atoms with van der Waals surface area (Å²) in [5.74, 6) is 0.396. The van der Waals surface area contributed by atoms with Crippen LogP contribution >= 0.6 is 0 Å². The molecular weight excluding hydrogens is 346 g/mol. The van der Waals surface area contributed by atoms with Crippen LogP contribution in [0.3, 0.4) is 0 Å². The van der Waals surface area contributed by atoms with Crippen molar-refractivity contribution >= 4 is 17.0 Å². The van der Waals surface area contributed by atoms with Crippen molar-refractivity contribution in [2.75, 3.05) is 20.3 Å². The molecule has 0 bridgehead atoms. The van der Waals surface area contributed by atoms with Gasteiger partial charge in [0, 0.05) is 49.6 Å². The molecule has 0 aromatic carbocycles. The molecule has 7 nitrogen and oxygen atoms in total. The number of ether oxygens (including phenoxy) is 2. The van der Waals surface area contributed by atoms with Gasteiger partial charge in [0.05, 0.1) is 13.4 Å². The second-order valence-corrected chi connectivity index (χ2v) is 6.55. The lowest BCUT2D eigenvalue weighted by molar-refractivity contribution is 0.0694. The number of carbonyl (C=O) groups is 1. The molecule has 4 heterocycles. The predicted molar refractivity (Wildman–Crippen MR) is 98.9 cm³/mol. The fraction of sp³-hybridized carbons (Fsp3) is 0.350. The summed E-state index contributed by atoms with van der Waals surface area (Å²) < 4.78 is 16.0. The largest absolute Gasteiger partial charge is 0.481 e. The van der Waals surface area contributed by atoms with Gasteiger partial charge in [-0.2, -0.15) is 0 Å². The van der Waals surface area contributed by atoms with Gasteiger partial charge in [-0.15, -0.1) is 0 Å². The van der Waals surface area contributed by atoms with E-state index in [1.165, 1.54) is 0 Å². The minimum atomic E-state index is -0.167. The number of amides is 1. The smallest absolute Gasteiger partial charge is 0.270 e. The van der Waals surface area contributed by atoms with Crippen LogP contribution < -0.4 is 10.1 Å². The van der Waals surface area contributed by atoms with E-state index in [4.69, 9.17) is 13.9 Å². The molecule has 3 aromatic heterocycles. The number of rotatable bonds is 5. The molecule has 0 atom stereocenters. The molecule has 1 N–H and O–H groups in total. The van der Waals surface area contributed by atoms with E-state index in [2.05, 4.69) is 15.3 Å². The second kappa shape index (κ2) is 7.75. The van der Waals surface area contributed by atoms with Crippen molar-refractivity contribution < 1.29 is 18.7 Å². The molecular formula is C20H21N3O4. The molecule has 3 aromatic rings. The van der Waals surface area contributed by atoms with Crippen molar-refractivity contribution in [3.05, 3.63) is 53.5 Å². The van der Waals surface area contributed by atoms with Gasteiger partial charge in [-0.1, -0.05) is 6.07 Å². The highest BCUT2D eigenvalue weighted by Gasteiger charge is 2.20. The lowest BCUT2D eigenvalue weighted by Gasteiger charge is -2.23. The third kappa shape index (κ3) is 3.93. The van der Waals surface area contributed by atoms with Gasteiger partial charge in [0.2, 0.25) is 5.88 Å².